The van der Waals surface area contributed by atoms with Crippen LogP contribution in [0.4, 0.5) is 11.6 Å². The fourth-order valence-electron chi connectivity index (χ4n) is 4.70. The molecule has 1 amide bonds. The molecule has 0 bridgehead atoms. The monoisotopic (exact) mass is 411 g/mol. The molecule has 9 heteroatoms. The van der Waals surface area contributed by atoms with E-state index in [4.69, 9.17) is 4.74 Å². The van der Waals surface area contributed by atoms with Crippen molar-refractivity contribution in [3.05, 3.63) is 29.3 Å². The molecule has 2 fully saturated rings. The molecule has 2 N–H and O–H groups in total. The summed E-state index contributed by atoms with van der Waals surface area (Å²) in [5, 5.41) is 10.6. The minimum atomic E-state index is -0.0575. The van der Waals surface area contributed by atoms with Gasteiger partial charge in [0.25, 0.3) is 5.91 Å². The second kappa shape index (κ2) is 8.59. The van der Waals surface area contributed by atoms with Gasteiger partial charge in [0.15, 0.2) is 5.69 Å². The SMILES string of the molecule is O=C(NC1CCCN(c2cc(N3CCOCC3)ncn2)C1)c1n[nH]c2c1CCCC2. The average Bonchev–Trinajstić information content (AvgIpc) is 3.24. The first-order chi connectivity index (χ1) is 14.8. The van der Waals surface area contributed by atoms with Crippen molar-refractivity contribution in [3.63, 3.8) is 0 Å². The summed E-state index contributed by atoms with van der Waals surface area (Å²) in [5.74, 6) is 1.80. The zero-order valence-corrected chi connectivity index (χ0v) is 17.3. The number of piperidine rings is 1. The summed E-state index contributed by atoms with van der Waals surface area (Å²) in [6.45, 7) is 4.84. The molecule has 1 unspecified atom stereocenters. The van der Waals surface area contributed by atoms with Crippen LogP contribution in [0.2, 0.25) is 0 Å². The molecule has 160 valence electrons. The summed E-state index contributed by atoms with van der Waals surface area (Å²) in [7, 11) is 0. The molecule has 2 aliphatic heterocycles. The summed E-state index contributed by atoms with van der Waals surface area (Å²) < 4.78 is 5.44. The standard InChI is InChI=1S/C21H29N7O2/c29-21(20-16-5-1-2-6-17(16)25-26-20)24-15-4-3-7-28(13-15)19-12-18(22-14-23-19)27-8-10-30-11-9-27/h12,14-15H,1-11,13H2,(H,24,29)(H,25,26). The molecular weight excluding hydrogens is 382 g/mol. The van der Waals surface area contributed by atoms with Crippen molar-refractivity contribution in [1.29, 1.82) is 0 Å². The number of aromatic amines is 1. The lowest BCUT2D eigenvalue weighted by molar-refractivity contribution is 0.0927. The number of carbonyl (C=O) groups excluding carboxylic acids is 1. The molecule has 30 heavy (non-hydrogen) atoms. The fourth-order valence-corrected chi connectivity index (χ4v) is 4.70. The molecule has 2 saturated heterocycles. The van der Waals surface area contributed by atoms with Crippen molar-refractivity contribution in [3.8, 4) is 0 Å². The molecule has 2 aromatic rings. The van der Waals surface area contributed by atoms with Crippen LogP contribution >= 0.6 is 0 Å². The lowest BCUT2D eigenvalue weighted by Gasteiger charge is -2.34. The van der Waals surface area contributed by atoms with Crippen LogP contribution in [0, 0.1) is 0 Å². The van der Waals surface area contributed by atoms with Crippen LogP contribution in [0.3, 0.4) is 0 Å². The Labute approximate surface area is 176 Å². The van der Waals surface area contributed by atoms with E-state index < -0.39 is 0 Å². The van der Waals surface area contributed by atoms with E-state index in [-0.39, 0.29) is 11.9 Å². The number of H-pyrrole nitrogens is 1. The van der Waals surface area contributed by atoms with E-state index in [9.17, 15) is 4.79 Å². The van der Waals surface area contributed by atoms with Crippen LogP contribution in [0.1, 0.15) is 47.4 Å². The first kappa shape index (κ1) is 19.3. The van der Waals surface area contributed by atoms with Gasteiger partial charge in [0.2, 0.25) is 0 Å². The lowest BCUT2D eigenvalue weighted by Crippen LogP contribution is -2.48. The van der Waals surface area contributed by atoms with Gasteiger partial charge in [-0.2, -0.15) is 5.10 Å². The second-order valence-electron chi connectivity index (χ2n) is 8.33. The van der Waals surface area contributed by atoms with E-state index in [1.807, 2.05) is 0 Å². The minimum Gasteiger partial charge on any atom is -0.378 e. The number of carbonyl (C=O) groups is 1. The van der Waals surface area contributed by atoms with Gasteiger partial charge in [-0.15, -0.1) is 0 Å². The maximum Gasteiger partial charge on any atom is 0.272 e. The number of nitrogens with zero attached hydrogens (tertiary/aromatic N) is 5. The zero-order chi connectivity index (χ0) is 20.3. The van der Waals surface area contributed by atoms with Gasteiger partial charge in [0.05, 0.1) is 13.2 Å². The first-order valence-electron chi connectivity index (χ1n) is 11.0. The molecule has 0 aromatic carbocycles. The topological polar surface area (TPSA) is 99.3 Å². The molecule has 4 heterocycles. The van der Waals surface area contributed by atoms with Gasteiger partial charge in [-0.3, -0.25) is 9.89 Å². The highest BCUT2D eigenvalue weighted by atomic mass is 16.5. The molecule has 0 radical (unpaired) electrons. The third-order valence-electron chi connectivity index (χ3n) is 6.33. The van der Waals surface area contributed by atoms with Crippen molar-refractivity contribution < 1.29 is 9.53 Å². The predicted molar refractivity (Wildman–Crippen MR) is 113 cm³/mol. The molecule has 2 aromatic heterocycles. The van der Waals surface area contributed by atoms with Gasteiger partial charge in [-0.25, -0.2) is 9.97 Å². The highest BCUT2D eigenvalue weighted by Gasteiger charge is 2.27. The fraction of sp³-hybridized carbons (Fsp3) is 0.619. The second-order valence-corrected chi connectivity index (χ2v) is 8.33. The van der Waals surface area contributed by atoms with Gasteiger partial charge in [0, 0.05) is 49.5 Å². The Hall–Kier alpha value is -2.68. The summed E-state index contributed by atoms with van der Waals surface area (Å²) in [4.78, 5) is 26.3. The van der Waals surface area contributed by atoms with E-state index in [1.54, 1.807) is 6.33 Å². The van der Waals surface area contributed by atoms with Gasteiger partial charge < -0.3 is 19.9 Å². The maximum absolute atomic E-state index is 12.9. The van der Waals surface area contributed by atoms with Crippen LogP contribution in [0.15, 0.2) is 12.4 Å². The number of nitrogens with one attached hydrogen (secondary N) is 2. The Balaban J connectivity index is 1.25. The lowest BCUT2D eigenvalue weighted by atomic mass is 9.95. The van der Waals surface area contributed by atoms with Crippen molar-refractivity contribution in [2.75, 3.05) is 49.2 Å². The third kappa shape index (κ3) is 3.98. The quantitative estimate of drug-likeness (QED) is 0.783. The molecule has 5 rings (SSSR count). The minimum absolute atomic E-state index is 0.0575. The van der Waals surface area contributed by atoms with Gasteiger partial charge >= 0.3 is 0 Å². The molecule has 0 saturated carbocycles. The number of morpholine rings is 1. The predicted octanol–water partition coefficient (Wildman–Crippen LogP) is 1.31. The van der Waals surface area contributed by atoms with E-state index in [1.165, 1.54) is 6.42 Å². The van der Waals surface area contributed by atoms with Gasteiger partial charge in [-0.1, -0.05) is 0 Å². The largest absolute Gasteiger partial charge is 0.378 e. The number of ether oxygens (including phenoxy) is 1. The highest BCUT2D eigenvalue weighted by Crippen LogP contribution is 2.24. The Kier molecular flexibility index (Phi) is 5.52. The number of hydrogen-bond acceptors (Lipinski definition) is 7. The number of anilines is 2. The first-order valence-corrected chi connectivity index (χ1v) is 11.0. The molecule has 1 aliphatic carbocycles. The zero-order valence-electron chi connectivity index (χ0n) is 17.3. The van der Waals surface area contributed by atoms with Gasteiger partial charge in [-0.05, 0) is 38.5 Å². The van der Waals surface area contributed by atoms with E-state index >= 15 is 0 Å². The molecule has 0 spiro atoms. The van der Waals surface area contributed by atoms with Crippen LogP contribution in [-0.4, -0.2) is 71.5 Å². The summed E-state index contributed by atoms with van der Waals surface area (Å²) >= 11 is 0. The molecule has 3 aliphatic rings. The van der Waals surface area contributed by atoms with E-state index in [2.05, 4.69) is 41.3 Å². The van der Waals surface area contributed by atoms with E-state index in [0.29, 0.717) is 5.69 Å². The summed E-state index contributed by atoms with van der Waals surface area (Å²) in [6, 6.07) is 2.14. The van der Waals surface area contributed by atoms with Crippen LogP contribution < -0.4 is 15.1 Å². The number of hydrogen-bond donors (Lipinski definition) is 2. The van der Waals surface area contributed by atoms with Crippen LogP contribution in [0.5, 0.6) is 0 Å². The van der Waals surface area contributed by atoms with Crippen LogP contribution in [0.25, 0.3) is 0 Å². The van der Waals surface area contributed by atoms with E-state index in [0.717, 1.165) is 94.4 Å². The smallest absolute Gasteiger partial charge is 0.272 e. The maximum atomic E-state index is 12.9. The summed E-state index contributed by atoms with van der Waals surface area (Å²) in [6.07, 6.45) is 7.85. The van der Waals surface area contributed by atoms with Crippen molar-refractivity contribution in [2.24, 2.45) is 0 Å². The van der Waals surface area contributed by atoms with Crippen molar-refractivity contribution >= 4 is 17.5 Å². The Morgan fingerprint density at radius 1 is 1.07 bits per heavy atom. The van der Waals surface area contributed by atoms with Crippen molar-refractivity contribution in [2.45, 2.75) is 44.6 Å². The van der Waals surface area contributed by atoms with Crippen LogP contribution in [-0.2, 0) is 17.6 Å². The number of rotatable bonds is 4. The third-order valence-corrected chi connectivity index (χ3v) is 6.33. The molecular formula is C21H29N7O2. The normalized spacial score (nSPS) is 21.9. The molecule has 9 nitrogen and oxygen atoms in total. The number of aromatic nitrogens is 4. The Morgan fingerprint density at radius 3 is 2.73 bits per heavy atom. The average molecular weight is 412 g/mol. The number of fused-ring (bicyclic) bond motifs is 1. The summed E-state index contributed by atoms with van der Waals surface area (Å²) in [5.41, 5.74) is 2.82. The van der Waals surface area contributed by atoms with Gasteiger partial charge in [0.1, 0.15) is 18.0 Å². The highest BCUT2D eigenvalue weighted by molar-refractivity contribution is 5.94. The Morgan fingerprint density at radius 2 is 1.87 bits per heavy atom. The number of amides is 1. The molecule has 1 atom stereocenters. The van der Waals surface area contributed by atoms with Crippen molar-refractivity contribution in [1.82, 2.24) is 25.5 Å². The Bertz CT molecular complexity index is 893. The number of aryl methyl sites for hydroxylation is 1.